The minimum atomic E-state index is -1.17. The zero-order chi connectivity index (χ0) is 13.7. The Hall–Kier alpha value is -2.11. The number of aliphatic carboxylic acids is 1. The van der Waals surface area contributed by atoms with Gasteiger partial charge in [-0.1, -0.05) is 13.3 Å². The molecule has 1 aromatic carbocycles. The van der Waals surface area contributed by atoms with Gasteiger partial charge in [-0.15, -0.1) is 0 Å². The summed E-state index contributed by atoms with van der Waals surface area (Å²) < 4.78 is 12.9. The smallest absolute Gasteiger partial charge is 0.326 e. The molecule has 0 saturated carbocycles. The zero-order valence-corrected chi connectivity index (χ0v) is 9.81. The van der Waals surface area contributed by atoms with Crippen LogP contribution in [0.25, 0.3) is 0 Å². The fourth-order valence-corrected chi connectivity index (χ4v) is 1.47. The molecule has 0 spiro atoms. The molecule has 0 aliphatic heterocycles. The van der Waals surface area contributed by atoms with E-state index >= 15 is 0 Å². The van der Waals surface area contributed by atoms with Gasteiger partial charge in [-0.3, -0.25) is 4.79 Å². The zero-order valence-electron chi connectivity index (χ0n) is 9.81. The highest BCUT2D eigenvalue weighted by molar-refractivity contribution is 5.98. The van der Waals surface area contributed by atoms with Gasteiger partial charge < -0.3 is 15.5 Å². The number of carboxylic acid groups (broad SMARTS) is 1. The van der Waals surface area contributed by atoms with Gasteiger partial charge in [0.25, 0.3) is 5.91 Å². The molecule has 18 heavy (non-hydrogen) atoms. The van der Waals surface area contributed by atoms with E-state index in [0.717, 1.165) is 18.2 Å². The summed E-state index contributed by atoms with van der Waals surface area (Å²) in [4.78, 5) is 22.6. The Morgan fingerprint density at radius 2 is 2.11 bits per heavy atom. The molecule has 0 aliphatic carbocycles. The summed E-state index contributed by atoms with van der Waals surface area (Å²) in [6.07, 6.45) is 0.837. The fourth-order valence-electron chi connectivity index (χ4n) is 1.47. The Bertz CT molecular complexity index is 461. The maximum atomic E-state index is 12.9. The predicted molar refractivity (Wildman–Crippen MR) is 61.9 cm³/mol. The summed E-state index contributed by atoms with van der Waals surface area (Å²) in [5, 5.41) is 20.5. The van der Waals surface area contributed by atoms with E-state index < -0.39 is 29.5 Å². The van der Waals surface area contributed by atoms with Gasteiger partial charge in [0.05, 0.1) is 5.56 Å². The lowest BCUT2D eigenvalue weighted by Gasteiger charge is -2.14. The van der Waals surface area contributed by atoms with Gasteiger partial charge in [-0.25, -0.2) is 9.18 Å². The van der Waals surface area contributed by atoms with Crippen molar-refractivity contribution in [2.75, 3.05) is 0 Å². The molecule has 1 rings (SSSR count). The predicted octanol–water partition coefficient (Wildman–Crippen LogP) is 1.51. The summed E-state index contributed by atoms with van der Waals surface area (Å²) in [6.45, 7) is 1.78. The Balaban J connectivity index is 2.86. The molecule has 0 bridgehead atoms. The Morgan fingerprint density at radius 3 is 2.67 bits per heavy atom. The van der Waals surface area contributed by atoms with Crippen LogP contribution in [0, 0.1) is 5.82 Å². The Labute approximate surface area is 103 Å². The number of carbonyl (C=O) groups is 2. The molecular formula is C12H14FNO4. The first-order valence-electron chi connectivity index (χ1n) is 5.48. The molecule has 0 heterocycles. The fraction of sp³-hybridized carbons (Fsp3) is 0.333. The van der Waals surface area contributed by atoms with E-state index in [9.17, 15) is 19.1 Å². The molecule has 0 aliphatic rings. The van der Waals surface area contributed by atoms with Crippen LogP contribution in [0.3, 0.4) is 0 Å². The van der Waals surface area contributed by atoms with Crippen LogP contribution >= 0.6 is 0 Å². The van der Waals surface area contributed by atoms with Gasteiger partial charge in [0, 0.05) is 0 Å². The molecule has 0 unspecified atom stereocenters. The molecule has 0 saturated heterocycles. The first-order chi connectivity index (χ1) is 8.45. The number of phenolic OH excluding ortho intramolecular Hbond substituents is 1. The first-order valence-corrected chi connectivity index (χ1v) is 5.48. The second-order valence-corrected chi connectivity index (χ2v) is 3.81. The quantitative estimate of drug-likeness (QED) is 0.744. The molecule has 6 heteroatoms. The van der Waals surface area contributed by atoms with Gasteiger partial charge >= 0.3 is 5.97 Å². The van der Waals surface area contributed by atoms with Crippen molar-refractivity contribution in [1.82, 2.24) is 5.32 Å². The number of aromatic hydroxyl groups is 1. The third-order valence-electron chi connectivity index (χ3n) is 2.38. The number of benzene rings is 1. The van der Waals surface area contributed by atoms with Crippen LogP contribution in [-0.4, -0.2) is 28.1 Å². The number of carboxylic acids is 1. The van der Waals surface area contributed by atoms with Crippen molar-refractivity contribution >= 4 is 11.9 Å². The Kier molecular flexibility index (Phi) is 4.65. The van der Waals surface area contributed by atoms with Crippen molar-refractivity contribution in [3.05, 3.63) is 29.6 Å². The van der Waals surface area contributed by atoms with E-state index in [-0.39, 0.29) is 12.0 Å². The van der Waals surface area contributed by atoms with Gasteiger partial charge in [-0.2, -0.15) is 0 Å². The van der Waals surface area contributed by atoms with Crippen LogP contribution in [0.15, 0.2) is 18.2 Å². The van der Waals surface area contributed by atoms with Gasteiger partial charge in [0.2, 0.25) is 0 Å². The van der Waals surface area contributed by atoms with E-state index in [1.165, 1.54) is 0 Å². The third kappa shape index (κ3) is 3.44. The second kappa shape index (κ2) is 6.00. The van der Waals surface area contributed by atoms with Crippen molar-refractivity contribution in [1.29, 1.82) is 0 Å². The summed E-state index contributed by atoms with van der Waals surface area (Å²) in [6, 6.07) is 1.85. The number of nitrogens with one attached hydrogen (secondary N) is 1. The second-order valence-electron chi connectivity index (χ2n) is 3.81. The van der Waals surface area contributed by atoms with Gasteiger partial charge in [-0.05, 0) is 24.6 Å². The number of hydrogen-bond donors (Lipinski definition) is 3. The monoisotopic (exact) mass is 255 g/mol. The van der Waals surface area contributed by atoms with Crippen molar-refractivity contribution in [2.45, 2.75) is 25.8 Å². The lowest BCUT2D eigenvalue weighted by atomic mass is 10.1. The number of carbonyl (C=O) groups excluding carboxylic acids is 1. The van der Waals surface area contributed by atoms with Crippen LogP contribution in [-0.2, 0) is 4.79 Å². The van der Waals surface area contributed by atoms with Crippen LogP contribution in [0.5, 0.6) is 5.75 Å². The third-order valence-corrected chi connectivity index (χ3v) is 2.38. The molecule has 98 valence electrons. The molecule has 1 atom stereocenters. The minimum Gasteiger partial charge on any atom is -0.507 e. The molecule has 3 N–H and O–H groups in total. The molecule has 5 nitrogen and oxygen atoms in total. The highest BCUT2D eigenvalue weighted by atomic mass is 19.1. The maximum Gasteiger partial charge on any atom is 0.326 e. The topological polar surface area (TPSA) is 86.6 Å². The van der Waals surface area contributed by atoms with Gasteiger partial charge in [0.15, 0.2) is 0 Å². The number of hydrogen-bond acceptors (Lipinski definition) is 3. The Morgan fingerprint density at radius 1 is 1.44 bits per heavy atom. The van der Waals surface area contributed by atoms with Crippen LogP contribution in [0.1, 0.15) is 30.1 Å². The van der Waals surface area contributed by atoms with Gasteiger partial charge in [0.1, 0.15) is 17.6 Å². The van der Waals surface area contributed by atoms with E-state index in [0.29, 0.717) is 6.42 Å². The molecular weight excluding hydrogens is 241 g/mol. The highest BCUT2D eigenvalue weighted by Crippen LogP contribution is 2.17. The van der Waals surface area contributed by atoms with Crippen LogP contribution in [0.4, 0.5) is 4.39 Å². The van der Waals surface area contributed by atoms with Crippen molar-refractivity contribution in [3.63, 3.8) is 0 Å². The molecule has 1 aromatic rings. The summed E-state index contributed by atoms with van der Waals surface area (Å²) >= 11 is 0. The molecule has 0 aromatic heterocycles. The summed E-state index contributed by atoms with van der Waals surface area (Å²) in [5.74, 6) is -3.05. The van der Waals surface area contributed by atoms with E-state index in [1.54, 1.807) is 6.92 Å². The number of rotatable bonds is 5. The van der Waals surface area contributed by atoms with Crippen LogP contribution in [0.2, 0.25) is 0 Å². The molecule has 1 amide bonds. The first kappa shape index (κ1) is 14.0. The van der Waals surface area contributed by atoms with Crippen molar-refractivity contribution < 1.29 is 24.2 Å². The van der Waals surface area contributed by atoms with E-state index in [2.05, 4.69) is 5.32 Å². The number of phenols is 1. The molecule has 0 fully saturated rings. The number of halogens is 1. The maximum absolute atomic E-state index is 12.9. The van der Waals surface area contributed by atoms with E-state index in [4.69, 9.17) is 5.11 Å². The summed E-state index contributed by atoms with van der Waals surface area (Å²) in [5.41, 5.74) is -0.280. The van der Waals surface area contributed by atoms with Crippen molar-refractivity contribution in [2.24, 2.45) is 0 Å². The van der Waals surface area contributed by atoms with Crippen molar-refractivity contribution in [3.8, 4) is 5.75 Å². The lowest BCUT2D eigenvalue weighted by molar-refractivity contribution is -0.139. The molecule has 0 radical (unpaired) electrons. The van der Waals surface area contributed by atoms with Crippen LogP contribution < -0.4 is 5.32 Å². The highest BCUT2D eigenvalue weighted by Gasteiger charge is 2.21. The number of amides is 1. The van der Waals surface area contributed by atoms with E-state index in [1.807, 2.05) is 0 Å². The minimum absolute atomic E-state index is 0.261. The average molecular weight is 255 g/mol. The summed E-state index contributed by atoms with van der Waals surface area (Å²) in [7, 11) is 0. The normalized spacial score (nSPS) is 11.9. The lowest BCUT2D eigenvalue weighted by Crippen LogP contribution is -2.40. The standard InChI is InChI=1S/C12H14FNO4/c1-2-3-9(12(17)18)14-11(16)8-6-7(13)4-5-10(8)15/h4-6,9,15H,2-3H2,1H3,(H,14,16)(H,17,18)/t9-/m0/s1. The SMILES string of the molecule is CCC[C@H](NC(=O)c1cc(F)ccc1O)C(=O)O. The largest absolute Gasteiger partial charge is 0.507 e. The average Bonchev–Trinajstić information content (AvgIpc) is 2.31.